The van der Waals surface area contributed by atoms with Crippen LogP contribution in [0.3, 0.4) is 0 Å². The van der Waals surface area contributed by atoms with E-state index in [1.807, 2.05) is 0 Å². The normalized spacial score (nSPS) is 17.7. The van der Waals surface area contributed by atoms with Crippen LogP contribution in [0.2, 0.25) is 0 Å². The van der Waals surface area contributed by atoms with Crippen molar-refractivity contribution in [1.82, 2.24) is 15.0 Å². The molecule has 1 aromatic carbocycles. The van der Waals surface area contributed by atoms with Crippen LogP contribution in [0.15, 0.2) is 54.9 Å². The van der Waals surface area contributed by atoms with Crippen LogP contribution in [-0.2, 0) is 11.2 Å². The van der Waals surface area contributed by atoms with Gasteiger partial charge in [-0.15, -0.1) is 0 Å². The van der Waals surface area contributed by atoms with Crippen molar-refractivity contribution in [3.8, 4) is 28.1 Å². The van der Waals surface area contributed by atoms with E-state index in [9.17, 15) is 8.78 Å². The van der Waals surface area contributed by atoms with Crippen molar-refractivity contribution in [1.29, 1.82) is 0 Å². The Labute approximate surface area is 194 Å². The zero-order valence-corrected chi connectivity index (χ0v) is 18.0. The van der Waals surface area contributed by atoms with Crippen LogP contribution in [0.4, 0.5) is 13.2 Å². The lowest BCUT2D eigenvalue weighted by Gasteiger charge is -2.25. The number of nitrogens with zero attached hydrogens (tertiary/aromatic N) is 3. The molecule has 1 atom stereocenters. The van der Waals surface area contributed by atoms with Crippen molar-refractivity contribution in [2.45, 2.75) is 37.9 Å². The van der Waals surface area contributed by atoms with Gasteiger partial charge in [0.25, 0.3) is 0 Å². The second kappa shape index (κ2) is 8.36. The average Bonchev–Trinajstić information content (AvgIpc) is 3.64. The van der Waals surface area contributed by atoms with Gasteiger partial charge in [-0.25, -0.2) is 14.4 Å². The fraction of sp³-hybridized carbons (Fsp3) is 0.269. The molecule has 0 unspecified atom stereocenters. The Balaban J connectivity index is 1.44. The van der Waals surface area contributed by atoms with Crippen molar-refractivity contribution in [2.24, 2.45) is 0 Å². The number of rotatable bonds is 5. The predicted octanol–water partition coefficient (Wildman–Crippen LogP) is 5.92. The van der Waals surface area contributed by atoms with Crippen LogP contribution in [0.1, 0.15) is 47.5 Å². The first-order valence-corrected chi connectivity index (χ1v) is 11.2. The van der Waals surface area contributed by atoms with Crippen molar-refractivity contribution < 1.29 is 22.6 Å². The highest BCUT2D eigenvalue weighted by Crippen LogP contribution is 2.44. The zero-order chi connectivity index (χ0) is 23.2. The topological polar surface area (TPSA) is 57.1 Å². The summed E-state index contributed by atoms with van der Waals surface area (Å²) in [5.74, 6) is 0.818. The molecule has 0 saturated heterocycles. The molecular weight excluding hydrogens is 443 g/mol. The maximum atomic E-state index is 15.3. The first kappa shape index (κ1) is 21.0. The molecule has 0 spiro atoms. The largest absolute Gasteiger partial charge is 0.434 e. The Kier molecular flexibility index (Phi) is 5.17. The maximum Gasteiger partial charge on any atom is 0.387 e. The number of hydrogen-bond donors (Lipinski definition) is 0. The summed E-state index contributed by atoms with van der Waals surface area (Å²) < 4.78 is 52.0. The molecule has 0 radical (unpaired) electrons. The number of aromatic nitrogens is 3. The lowest BCUT2D eigenvalue weighted by atomic mass is 9.93. The fourth-order valence-corrected chi connectivity index (χ4v) is 4.54. The van der Waals surface area contributed by atoms with Gasteiger partial charge in [-0.2, -0.15) is 8.78 Å². The number of para-hydroxylation sites is 1. The second-order valence-corrected chi connectivity index (χ2v) is 8.53. The van der Waals surface area contributed by atoms with Crippen LogP contribution in [0.25, 0.3) is 22.4 Å². The Hall–Kier alpha value is -3.52. The number of hydrogen-bond acceptors (Lipinski definition) is 5. The Morgan fingerprint density at radius 3 is 2.53 bits per heavy atom. The molecule has 0 amide bonds. The lowest BCUT2D eigenvalue weighted by molar-refractivity contribution is -0.0521. The minimum atomic E-state index is -2.96. The summed E-state index contributed by atoms with van der Waals surface area (Å²) in [4.78, 5) is 13.5. The molecule has 8 heteroatoms. The minimum absolute atomic E-state index is 0.0461. The molecule has 3 heterocycles. The van der Waals surface area contributed by atoms with E-state index < -0.39 is 18.5 Å². The molecule has 6 rings (SSSR count). The van der Waals surface area contributed by atoms with Gasteiger partial charge in [0.1, 0.15) is 23.5 Å². The monoisotopic (exact) mass is 463 g/mol. The van der Waals surface area contributed by atoms with Crippen molar-refractivity contribution >= 4 is 0 Å². The van der Waals surface area contributed by atoms with Gasteiger partial charge in [0.05, 0.1) is 18.0 Å². The van der Waals surface area contributed by atoms with Gasteiger partial charge in [-0.05, 0) is 18.9 Å². The molecule has 0 bridgehead atoms. The first-order chi connectivity index (χ1) is 16.6. The number of halogens is 3. The van der Waals surface area contributed by atoms with Gasteiger partial charge in [0.2, 0.25) is 0 Å². The molecule has 4 aliphatic rings. The molecule has 34 heavy (non-hydrogen) atoms. The SMILES string of the molecule is Fc1cc2nc3c(c-2ccc1-c1cnc(C2CC2)nc1)[C@@H](c1ccccc1OC(F)F)OCC3. The standard InChI is InChI=1S/C26H20F3N3O2/c27-19-11-21-17(8-7-16(19)15-12-30-25(31-13-15)14-5-6-14)23-20(32-21)9-10-33-24(23)18-3-1-2-4-22(18)34-26(28)29/h1-4,7-8,11-14,24,26H,5-6,9-10H2/t24-/m1/s1. The number of alkyl halides is 2. The van der Waals surface area contributed by atoms with Gasteiger partial charge < -0.3 is 9.47 Å². The smallest absolute Gasteiger partial charge is 0.387 e. The summed E-state index contributed by atoms with van der Waals surface area (Å²) >= 11 is 0. The van der Waals surface area contributed by atoms with E-state index in [0.717, 1.165) is 29.9 Å². The Morgan fingerprint density at radius 2 is 1.76 bits per heavy atom. The molecule has 1 fully saturated rings. The minimum Gasteiger partial charge on any atom is -0.434 e. The summed E-state index contributed by atoms with van der Waals surface area (Å²) in [5.41, 5.74) is 4.12. The summed E-state index contributed by atoms with van der Waals surface area (Å²) in [6.07, 6.45) is 5.38. The second-order valence-electron chi connectivity index (χ2n) is 8.53. The summed E-state index contributed by atoms with van der Waals surface area (Å²) in [6, 6.07) is 11.4. The lowest BCUT2D eigenvalue weighted by Crippen LogP contribution is -2.18. The van der Waals surface area contributed by atoms with Crippen molar-refractivity contribution in [2.75, 3.05) is 6.61 Å². The third-order valence-electron chi connectivity index (χ3n) is 6.30. The van der Waals surface area contributed by atoms with E-state index in [1.165, 1.54) is 12.1 Å². The Bertz CT molecular complexity index is 1330. The fourth-order valence-electron chi connectivity index (χ4n) is 4.54. The van der Waals surface area contributed by atoms with Gasteiger partial charge in [-0.3, -0.25) is 4.98 Å². The molecule has 2 aromatic rings. The highest BCUT2D eigenvalue weighted by Gasteiger charge is 2.32. The third-order valence-corrected chi connectivity index (χ3v) is 6.30. The van der Waals surface area contributed by atoms with E-state index in [2.05, 4.69) is 15.0 Å². The van der Waals surface area contributed by atoms with Crippen LogP contribution < -0.4 is 4.74 Å². The highest BCUT2D eigenvalue weighted by molar-refractivity contribution is 5.74. The van der Waals surface area contributed by atoms with E-state index >= 15 is 4.39 Å². The van der Waals surface area contributed by atoms with Crippen molar-refractivity contribution in [3.05, 3.63) is 83.3 Å². The quantitative estimate of drug-likeness (QED) is 0.368. The molecule has 2 aliphatic carbocycles. The van der Waals surface area contributed by atoms with E-state index in [-0.39, 0.29) is 5.75 Å². The van der Waals surface area contributed by atoms with Gasteiger partial charge in [0.15, 0.2) is 0 Å². The number of ether oxygens (including phenoxy) is 2. The number of benzene rings is 1. The van der Waals surface area contributed by atoms with Crippen molar-refractivity contribution in [3.63, 3.8) is 0 Å². The zero-order valence-electron chi connectivity index (χ0n) is 18.0. The average molecular weight is 463 g/mol. The summed E-state index contributed by atoms with van der Waals surface area (Å²) in [6.45, 7) is -2.59. The third kappa shape index (κ3) is 3.77. The van der Waals surface area contributed by atoms with Gasteiger partial charge >= 0.3 is 6.61 Å². The Morgan fingerprint density at radius 1 is 1.00 bits per heavy atom. The number of fused-ring (bicyclic) bond motifs is 3. The summed E-state index contributed by atoms with van der Waals surface area (Å²) in [5, 5.41) is 0. The van der Waals surface area contributed by atoms with Crippen LogP contribution in [0, 0.1) is 5.82 Å². The van der Waals surface area contributed by atoms with E-state index in [4.69, 9.17) is 9.47 Å². The van der Waals surface area contributed by atoms with Gasteiger partial charge in [0, 0.05) is 58.6 Å². The van der Waals surface area contributed by atoms with Crippen LogP contribution in [0.5, 0.6) is 5.75 Å². The first-order valence-electron chi connectivity index (χ1n) is 11.2. The molecule has 2 aliphatic heterocycles. The van der Waals surface area contributed by atoms with Crippen LogP contribution in [-0.4, -0.2) is 28.2 Å². The van der Waals surface area contributed by atoms with E-state index in [1.54, 1.807) is 42.7 Å². The summed E-state index contributed by atoms with van der Waals surface area (Å²) in [7, 11) is 0. The molecule has 1 aromatic heterocycles. The maximum absolute atomic E-state index is 15.3. The molecule has 172 valence electrons. The molecule has 1 saturated carbocycles. The van der Waals surface area contributed by atoms with E-state index in [0.29, 0.717) is 46.9 Å². The molecule has 0 N–H and O–H groups in total. The van der Waals surface area contributed by atoms with Crippen LogP contribution >= 0.6 is 0 Å². The highest BCUT2D eigenvalue weighted by atomic mass is 19.3. The molecular formula is C26H20F3N3O2. The predicted molar refractivity (Wildman–Crippen MR) is 118 cm³/mol. The molecule has 5 nitrogen and oxygen atoms in total. The van der Waals surface area contributed by atoms with Gasteiger partial charge in [-0.1, -0.05) is 30.3 Å².